The lowest BCUT2D eigenvalue weighted by Gasteiger charge is -2.61. The summed E-state index contributed by atoms with van der Waals surface area (Å²) in [7, 11) is 0. The predicted molar refractivity (Wildman–Crippen MR) is 597 cm³/mol. The van der Waals surface area contributed by atoms with Crippen molar-refractivity contribution in [3.8, 4) is 0 Å². The van der Waals surface area contributed by atoms with Crippen molar-refractivity contribution >= 4 is 36.6 Å². The first-order valence-electron chi connectivity index (χ1n) is 64.3. The average Bonchev–Trinajstić information content (AvgIpc) is 1.60. The largest absolute Gasteiger partial charge is 0.443 e. The van der Waals surface area contributed by atoms with Gasteiger partial charge in [0.25, 0.3) is 0 Å². The van der Waals surface area contributed by atoms with E-state index in [4.69, 9.17) is 28.4 Å². The quantitative estimate of drug-likeness (QED) is 0.0848. The molecule has 0 atom stereocenters. The predicted octanol–water partition coefficient (Wildman–Crippen LogP) is 36.3. The fourth-order valence-electron chi connectivity index (χ4n) is 34.0. The number of carbonyl (C=O) groups is 6. The second-order valence-corrected chi connectivity index (χ2v) is 53.9. The van der Waals surface area contributed by atoms with Crippen molar-refractivity contribution in [2.45, 2.75) is 702 Å². The van der Waals surface area contributed by atoms with Crippen LogP contribution in [0.25, 0.3) is 0 Å². The Labute approximate surface area is 896 Å². The van der Waals surface area contributed by atoms with Gasteiger partial charge >= 0.3 is 36.6 Å². The number of amides is 6. The van der Waals surface area contributed by atoms with E-state index in [1.165, 1.54) is 405 Å². The molecule has 0 saturated heterocycles. The number of ether oxygens (including phenoxy) is 6. The van der Waals surface area contributed by atoms with Crippen LogP contribution in [-0.4, -0.2) is 166 Å². The van der Waals surface area contributed by atoms with Gasteiger partial charge in [0.15, 0.2) is 0 Å². The number of hydrogen-bond donors (Lipinski definition) is 0. The van der Waals surface area contributed by atoms with Gasteiger partial charge in [0.1, 0.15) is 33.6 Å². The molecule has 1 aromatic rings. The molecule has 836 valence electrons. The van der Waals surface area contributed by atoms with Crippen LogP contribution in [0.5, 0.6) is 0 Å². The molecule has 21 aliphatic carbocycles. The molecule has 18 nitrogen and oxygen atoms in total. The summed E-state index contributed by atoms with van der Waals surface area (Å²) in [6.45, 7) is 23.3. The number of nitrogens with zero attached hydrogens (tertiary/aromatic N) is 6. The van der Waals surface area contributed by atoms with Gasteiger partial charge in [0.2, 0.25) is 0 Å². The summed E-state index contributed by atoms with van der Waals surface area (Å²) in [5.41, 5.74) is -0.497. The highest BCUT2D eigenvalue weighted by molar-refractivity contribution is 5.72. The van der Waals surface area contributed by atoms with E-state index in [9.17, 15) is 28.8 Å². The van der Waals surface area contributed by atoms with Crippen molar-refractivity contribution in [3.63, 3.8) is 0 Å². The van der Waals surface area contributed by atoms with Crippen LogP contribution >= 0.6 is 0 Å². The molecule has 18 heteroatoms. The van der Waals surface area contributed by atoms with Crippen LogP contribution in [0.15, 0.2) is 30.3 Å². The first-order valence-corrected chi connectivity index (χ1v) is 64.3. The highest BCUT2D eigenvalue weighted by Crippen LogP contribution is 2.65. The van der Waals surface area contributed by atoms with Crippen molar-refractivity contribution in [3.05, 3.63) is 35.9 Å². The van der Waals surface area contributed by atoms with Gasteiger partial charge in [-0.3, -0.25) is 0 Å². The molecule has 21 aliphatic rings. The van der Waals surface area contributed by atoms with E-state index in [2.05, 4.69) is 77.9 Å². The van der Waals surface area contributed by atoms with E-state index >= 15 is 0 Å². The fourth-order valence-corrected chi connectivity index (χ4v) is 34.0. The first-order chi connectivity index (χ1) is 71.2. The molecule has 0 unspecified atom stereocenters. The van der Waals surface area contributed by atoms with E-state index < -0.39 is 5.60 Å². The van der Waals surface area contributed by atoms with E-state index in [0.717, 1.165) is 157 Å². The van der Waals surface area contributed by atoms with Gasteiger partial charge in [0.05, 0.1) is 0 Å². The second kappa shape index (κ2) is 56.0. The minimum atomic E-state index is -0.597. The third kappa shape index (κ3) is 31.4. The zero-order chi connectivity index (χ0) is 103. The van der Waals surface area contributed by atoms with Gasteiger partial charge in [-0.2, -0.15) is 0 Å². The van der Waals surface area contributed by atoms with E-state index in [-0.39, 0.29) is 70.0 Å². The summed E-state index contributed by atoms with van der Waals surface area (Å²) in [6.07, 6.45) is 99.6. The lowest BCUT2D eigenvalue weighted by atomic mass is 9.46. The molecule has 0 heterocycles. The zero-order valence-electron chi connectivity index (χ0n) is 96.1. The molecule has 0 aliphatic heterocycles. The normalized spacial score (nSPS) is 28.7. The lowest BCUT2D eigenvalue weighted by molar-refractivity contribution is -0.169. The maximum atomic E-state index is 13.8. The Kier molecular flexibility index (Phi) is 44.1. The third-order valence-electron chi connectivity index (χ3n) is 42.6. The summed E-state index contributed by atoms with van der Waals surface area (Å²) in [4.78, 5) is 92.9. The zero-order valence-corrected chi connectivity index (χ0v) is 96.1. The summed E-state index contributed by atoms with van der Waals surface area (Å²) in [5.74, 6) is 5.21. The van der Waals surface area contributed by atoms with Gasteiger partial charge in [-0.25, -0.2) is 28.8 Å². The summed E-state index contributed by atoms with van der Waals surface area (Å²) < 4.78 is 37.4. The molecule has 21 fully saturated rings. The minimum absolute atomic E-state index is 0.0191. The SMILES string of the molecule is CC(C)(OC(=O)N(C1CCCCC1)C1CCCCC1)C12CC3CC(CC(C3)C1)C2.CC(C)(OC(=O)N(C1CCCCC1)C1CCCCC1)c1ccccc1.CCC(C)(C)OC(=O)N(C1CCCCC1)C1CCCCC1.CCC(CC)(CC)OC(=O)N(C1CCCCC1)C1CCCCC1.CCC1(OC(=O)N(C2CCCCC2)C2CCCCC2)CCCC1.O=C(OC12CC3CC(CC(C3)C1)C2)N(C1CCCCC1)C1CCCCC1. The molecule has 1 aromatic carbocycles. The van der Waals surface area contributed by atoms with Crippen molar-refractivity contribution in [2.75, 3.05) is 0 Å². The van der Waals surface area contributed by atoms with E-state index in [1.54, 1.807) is 0 Å². The van der Waals surface area contributed by atoms with Gasteiger partial charge in [-0.15, -0.1) is 0 Å². The van der Waals surface area contributed by atoms with E-state index in [0.29, 0.717) is 72.5 Å². The number of rotatable bonds is 25. The Morgan fingerprint density at radius 1 is 0.259 bits per heavy atom. The van der Waals surface area contributed by atoms with Crippen LogP contribution in [-0.2, 0) is 34.0 Å². The van der Waals surface area contributed by atoms with Crippen LogP contribution in [0.3, 0.4) is 0 Å². The Bertz CT molecular complexity index is 3780. The van der Waals surface area contributed by atoms with Crippen LogP contribution in [0.2, 0.25) is 0 Å². The standard InChI is InChI=1S/C26H43NO2.C23H37NO2.C22H33NO2.C20H35NO2.C20H37NO2.C18H33NO2/c1-25(2,26-16-19-13-20(17-26)15-21(14-19)18-26)29-24(28)27(22-9-5-3-6-10-22)23-11-7-4-8-12-23;25-22(26-23-14-17-11-18(15-23)13-19(12-17)16-23)24(20-7-3-1-4-8-20)21-9-5-2-6-10-21;1-22(2,18-12-6-3-7-13-18)25-21(24)23(19-14-8-4-9-15-19)20-16-10-5-11-17-20;1-2-20(15-9-10-16-20)23-19(22)21(17-11-5-3-6-12-17)18-13-7-4-8-14-18;1-4-20(5-2,6-3)23-19(22)21(17-13-9-7-10-14-17)18-15-11-8-12-16-18;1-4-18(2,3)21-17(20)19(15-11-7-5-8-12-15)16-13-9-6-10-14-16/h19-23H,3-18H2,1-2H3;17-21H,1-16H2;3,6-7,12-13,19-20H,4-5,8-11,14-17H2,1-2H3;17-18H,2-16H2,1H3;17-18H,4-16H2,1-3H3;15-16H,4-14H2,1-3H3. The van der Waals surface area contributed by atoms with Crippen molar-refractivity contribution < 1.29 is 57.2 Å². The molecule has 0 radical (unpaired) electrons. The molecule has 21 saturated carbocycles. The smallest absolute Gasteiger partial charge is 0.411 e. The Morgan fingerprint density at radius 2 is 0.483 bits per heavy atom. The van der Waals surface area contributed by atoms with E-state index in [1.807, 2.05) is 58.0 Å². The highest BCUT2D eigenvalue weighted by Gasteiger charge is 2.61. The fraction of sp³-hybridized carbons (Fsp3) is 0.907. The summed E-state index contributed by atoms with van der Waals surface area (Å²) in [6, 6.07) is 15.1. The Balaban J connectivity index is 0.000000133. The summed E-state index contributed by atoms with van der Waals surface area (Å²) in [5, 5.41) is 0. The minimum Gasteiger partial charge on any atom is -0.443 e. The highest BCUT2D eigenvalue weighted by atomic mass is 16.6. The second-order valence-electron chi connectivity index (χ2n) is 53.9. The van der Waals surface area contributed by atoms with Crippen LogP contribution in [0, 0.1) is 40.9 Å². The molecule has 22 rings (SSSR count). The van der Waals surface area contributed by atoms with Crippen LogP contribution in [0.1, 0.15) is 602 Å². The number of benzene rings is 1. The number of carbonyl (C=O) groups excluding carboxylic acids is 6. The molecular weight excluding hydrogens is 1830 g/mol. The lowest BCUT2D eigenvalue weighted by Crippen LogP contribution is -2.59. The molecule has 147 heavy (non-hydrogen) atoms. The third-order valence-corrected chi connectivity index (χ3v) is 42.6. The van der Waals surface area contributed by atoms with Crippen LogP contribution < -0.4 is 0 Å². The molecular formula is C129H218N6O12. The topological polar surface area (TPSA) is 177 Å². The van der Waals surface area contributed by atoms with Crippen molar-refractivity contribution in [1.82, 2.24) is 29.4 Å². The molecule has 8 bridgehead atoms. The Hall–Kier alpha value is -5.16. The van der Waals surface area contributed by atoms with Gasteiger partial charge in [-0.1, -0.05) is 296 Å². The monoisotopic (exact) mass is 2040 g/mol. The maximum Gasteiger partial charge on any atom is 0.411 e. The van der Waals surface area contributed by atoms with Gasteiger partial charge in [0, 0.05) is 77.9 Å². The van der Waals surface area contributed by atoms with Crippen molar-refractivity contribution in [2.24, 2.45) is 40.9 Å². The molecule has 0 spiro atoms. The Morgan fingerprint density at radius 3 is 0.728 bits per heavy atom. The molecule has 0 aromatic heterocycles. The molecule has 0 N–H and O–H groups in total. The number of hydrogen-bond acceptors (Lipinski definition) is 12. The average molecular weight is 2050 g/mol. The maximum absolute atomic E-state index is 13.8. The summed E-state index contributed by atoms with van der Waals surface area (Å²) >= 11 is 0. The van der Waals surface area contributed by atoms with Gasteiger partial charge in [-0.05, 0) is 372 Å². The molecule has 6 amide bonds. The first kappa shape index (κ1) is 116. The van der Waals surface area contributed by atoms with Crippen LogP contribution in [0.4, 0.5) is 28.8 Å². The van der Waals surface area contributed by atoms with Gasteiger partial charge < -0.3 is 57.8 Å². The van der Waals surface area contributed by atoms with Crippen molar-refractivity contribution in [1.29, 1.82) is 0 Å².